The van der Waals surface area contributed by atoms with Gasteiger partial charge in [0.2, 0.25) is 0 Å². The van der Waals surface area contributed by atoms with Gasteiger partial charge in [-0.25, -0.2) is 4.98 Å². The normalized spacial score (nSPS) is 15.0. The number of amides is 1. The Morgan fingerprint density at radius 1 is 1.28 bits per heavy atom. The van der Waals surface area contributed by atoms with E-state index in [-0.39, 0.29) is 11.9 Å². The fourth-order valence-corrected chi connectivity index (χ4v) is 4.72. The van der Waals surface area contributed by atoms with E-state index in [1.54, 1.807) is 24.7 Å². The Kier molecular flexibility index (Phi) is 7.12. The van der Waals surface area contributed by atoms with Crippen LogP contribution >= 0.6 is 11.3 Å². The Balaban J connectivity index is 1.31. The number of likely N-dealkylation sites (tertiary alicyclic amines) is 1. The lowest BCUT2D eigenvalue weighted by Crippen LogP contribution is -2.44. The van der Waals surface area contributed by atoms with E-state index >= 15 is 0 Å². The zero-order chi connectivity index (χ0) is 22.5. The largest absolute Gasteiger partial charge is 0.493 e. The topological polar surface area (TPSA) is 76.8 Å². The molecular formula is C24H29N3O4S. The molecule has 0 bridgehead atoms. The lowest BCUT2D eigenvalue weighted by Gasteiger charge is -2.31. The first kappa shape index (κ1) is 22.4. The van der Waals surface area contributed by atoms with Crippen LogP contribution in [0.2, 0.25) is 0 Å². The van der Waals surface area contributed by atoms with E-state index in [0.29, 0.717) is 12.4 Å². The summed E-state index contributed by atoms with van der Waals surface area (Å²) in [6, 6.07) is 7.91. The van der Waals surface area contributed by atoms with Gasteiger partial charge < -0.3 is 19.2 Å². The van der Waals surface area contributed by atoms with Crippen LogP contribution in [0.25, 0.3) is 10.6 Å². The van der Waals surface area contributed by atoms with Crippen molar-refractivity contribution in [3.05, 3.63) is 52.9 Å². The maximum Gasteiger partial charge on any atom is 0.287 e. The third-order valence-corrected chi connectivity index (χ3v) is 6.58. The molecule has 0 aliphatic carbocycles. The first-order valence-corrected chi connectivity index (χ1v) is 11.8. The van der Waals surface area contributed by atoms with Gasteiger partial charge in [-0.3, -0.25) is 9.69 Å². The van der Waals surface area contributed by atoms with E-state index in [1.807, 2.05) is 38.1 Å². The van der Waals surface area contributed by atoms with Crippen molar-refractivity contribution in [3.8, 4) is 22.1 Å². The fraction of sp³-hybridized carbons (Fsp3) is 0.417. The zero-order valence-corrected chi connectivity index (χ0v) is 19.5. The second-order valence-corrected chi connectivity index (χ2v) is 8.76. The maximum atomic E-state index is 12.4. The third kappa shape index (κ3) is 5.14. The summed E-state index contributed by atoms with van der Waals surface area (Å²) in [7, 11) is 1.65. The quantitative estimate of drug-likeness (QED) is 0.538. The van der Waals surface area contributed by atoms with Crippen molar-refractivity contribution in [2.45, 2.75) is 39.3 Å². The molecule has 1 fully saturated rings. The van der Waals surface area contributed by atoms with Crippen molar-refractivity contribution in [1.29, 1.82) is 0 Å². The summed E-state index contributed by atoms with van der Waals surface area (Å²) in [6.45, 7) is 7.09. The van der Waals surface area contributed by atoms with E-state index in [2.05, 4.69) is 15.6 Å². The van der Waals surface area contributed by atoms with Crippen LogP contribution in [0.15, 0.2) is 40.3 Å². The number of aromatic nitrogens is 1. The van der Waals surface area contributed by atoms with Crippen LogP contribution in [-0.4, -0.2) is 48.6 Å². The van der Waals surface area contributed by atoms with E-state index in [1.165, 1.54) is 0 Å². The number of carbonyl (C=O) groups is 1. The van der Waals surface area contributed by atoms with Gasteiger partial charge in [-0.2, -0.15) is 0 Å². The molecule has 2 aromatic heterocycles. The number of benzene rings is 1. The molecule has 3 heterocycles. The molecular weight excluding hydrogens is 426 g/mol. The number of aryl methyl sites for hydroxylation is 1. The summed E-state index contributed by atoms with van der Waals surface area (Å²) in [6.07, 6.45) is 3.38. The second kappa shape index (κ2) is 10.2. The zero-order valence-electron chi connectivity index (χ0n) is 18.7. The molecule has 0 spiro atoms. The van der Waals surface area contributed by atoms with Gasteiger partial charge in [0.05, 0.1) is 25.7 Å². The van der Waals surface area contributed by atoms with Crippen LogP contribution < -0.4 is 14.8 Å². The number of hydrogen-bond acceptors (Lipinski definition) is 7. The lowest BCUT2D eigenvalue weighted by molar-refractivity contribution is 0.0880. The summed E-state index contributed by atoms with van der Waals surface area (Å²) in [5.74, 6) is 1.75. The van der Waals surface area contributed by atoms with E-state index in [0.717, 1.165) is 65.8 Å². The van der Waals surface area contributed by atoms with Crippen LogP contribution in [0.5, 0.6) is 11.5 Å². The number of furan rings is 1. The van der Waals surface area contributed by atoms with Crippen molar-refractivity contribution >= 4 is 17.2 Å². The van der Waals surface area contributed by atoms with E-state index in [9.17, 15) is 4.79 Å². The molecule has 1 saturated heterocycles. The van der Waals surface area contributed by atoms with Crippen molar-refractivity contribution in [2.24, 2.45) is 0 Å². The fourth-order valence-electron chi connectivity index (χ4n) is 3.91. The van der Waals surface area contributed by atoms with Gasteiger partial charge >= 0.3 is 0 Å². The molecule has 0 atom stereocenters. The molecule has 0 radical (unpaired) electrons. The minimum atomic E-state index is -0.124. The third-order valence-electron chi connectivity index (χ3n) is 5.64. The van der Waals surface area contributed by atoms with Crippen molar-refractivity contribution in [3.63, 3.8) is 0 Å². The molecule has 32 heavy (non-hydrogen) atoms. The number of nitrogens with zero attached hydrogens (tertiary/aromatic N) is 2. The highest BCUT2D eigenvalue weighted by molar-refractivity contribution is 7.13. The Morgan fingerprint density at radius 2 is 2.09 bits per heavy atom. The number of ether oxygens (including phenoxy) is 2. The van der Waals surface area contributed by atoms with Crippen LogP contribution in [0.3, 0.4) is 0 Å². The summed E-state index contributed by atoms with van der Waals surface area (Å²) >= 11 is 1.64. The summed E-state index contributed by atoms with van der Waals surface area (Å²) in [5, 5.41) is 6.19. The molecule has 7 nitrogen and oxygen atoms in total. The highest BCUT2D eigenvalue weighted by Gasteiger charge is 2.23. The maximum absolute atomic E-state index is 12.4. The highest BCUT2D eigenvalue weighted by Crippen LogP contribution is 2.34. The van der Waals surface area contributed by atoms with Gasteiger partial charge in [0.15, 0.2) is 17.3 Å². The molecule has 1 aliphatic heterocycles. The summed E-state index contributed by atoms with van der Waals surface area (Å²) in [4.78, 5) is 19.6. The number of carbonyl (C=O) groups excluding carboxylic acids is 1. The van der Waals surface area contributed by atoms with E-state index < -0.39 is 0 Å². The Hall–Kier alpha value is -2.84. The molecule has 0 unspecified atom stereocenters. The van der Waals surface area contributed by atoms with Crippen LogP contribution in [0.4, 0.5) is 0 Å². The van der Waals surface area contributed by atoms with Crippen LogP contribution in [0.1, 0.15) is 41.6 Å². The van der Waals surface area contributed by atoms with Gasteiger partial charge in [0.1, 0.15) is 5.01 Å². The predicted molar refractivity (Wildman–Crippen MR) is 124 cm³/mol. The number of piperidine rings is 1. The molecule has 8 heteroatoms. The molecule has 4 rings (SSSR count). The number of nitrogens with one attached hydrogen (secondary N) is 1. The van der Waals surface area contributed by atoms with Gasteiger partial charge in [-0.05, 0) is 51.0 Å². The molecule has 3 aromatic rings. The van der Waals surface area contributed by atoms with Crippen molar-refractivity contribution in [1.82, 2.24) is 15.2 Å². The van der Waals surface area contributed by atoms with Crippen molar-refractivity contribution in [2.75, 3.05) is 26.8 Å². The van der Waals surface area contributed by atoms with Gasteiger partial charge in [0, 0.05) is 42.2 Å². The lowest BCUT2D eigenvalue weighted by atomic mass is 10.0. The van der Waals surface area contributed by atoms with Gasteiger partial charge in [0.25, 0.3) is 5.91 Å². The van der Waals surface area contributed by atoms with Crippen LogP contribution in [0, 0.1) is 6.92 Å². The van der Waals surface area contributed by atoms with Crippen molar-refractivity contribution < 1.29 is 18.7 Å². The van der Waals surface area contributed by atoms with E-state index in [4.69, 9.17) is 18.9 Å². The number of rotatable bonds is 8. The average molecular weight is 456 g/mol. The predicted octanol–water partition coefficient (Wildman–Crippen LogP) is 4.51. The minimum absolute atomic E-state index is 0.124. The molecule has 0 saturated carbocycles. The number of thiazole rings is 1. The minimum Gasteiger partial charge on any atom is -0.493 e. The standard InChI is InChI=1S/C24H29N3O4S/c1-4-30-20-6-5-17(13-21(20)29-3)24-26-19(15-32-24)14-27-10-7-18(8-11-27)25-23(28)22-16(2)9-12-31-22/h5-6,9,12-13,15,18H,4,7-8,10-11,14H2,1-3H3,(H,25,28). The monoisotopic (exact) mass is 455 g/mol. The Morgan fingerprint density at radius 3 is 2.78 bits per heavy atom. The Bertz CT molecular complexity index is 1050. The highest BCUT2D eigenvalue weighted by atomic mass is 32.1. The molecule has 1 amide bonds. The molecule has 170 valence electrons. The second-order valence-electron chi connectivity index (χ2n) is 7.90. The van der Waals surface area contributed by atoms with Gasteiger partial charge in [-0.1, -0.05) is 0 Å². The number of hydrogen-bond donors (Lipinski definition) is 1. The SMILES string of the molecule is CCOc1ccc(-c2nc(CN3CCC(NC(=O)c4occc4C)CC3)cs2)cc1OC. The van der Waals surface area contributed by atoms with Gasteiger partial charge in [-0.15, -0.1) is 11.3 Å². The average Bonchev–Trinajstić information content (AvgIpc) is 3.44. The number of methoxy groups -OCH3 is 1. The Labute approximate surface area is 192 Å². The molecule has 1 aromatic carbocycles. The summed E-state index contributed by atoms with van der Waals surface area (Å²) in [5.41, 5.74) is 2.95. The summed E-state index contributed by atoms with van der Waals surface area (Å²) < 4.78 is 16.4. The first-order chi connectivity index (χ1) is 15.6. The smallest absolute Gasteiger partial charge is 0.287 e. The first-order valence-electron chi connectivity index (χ1n) is 10.9. The molecule has 1 N–H and O–H groups in total. The molecule has 1 aliphatic rings. The van der Waals surface area contributed by atoms with Crippen LogP contribution in [-0.2, 0) is 6.54 Å².